The van der Waals surface area contributed by atoms with Crippen LogP contribution in [-0.2, 0) is 11.2 Å². The maximum Gasteiger partial charge on any atom is 0.387 e. The summed E-state index contributed by atoms with van der Waals surface area (Å²) in [5, 5.41) is 17.5. The Balaban J connectivity index is 3.35. The first-order valence-electron chi connectivity index (χ1n) is 4.66. The summed E-state index contributed by atoms with van der Waals surface area (Å²) in [6.45, 7) is -3.17. The number of carboxylic acids is 1. The highest BCUT2D eigenvalue weighted by Gasteiger charge is 2.17. The van der Waals surface area contributed by atoms with E-state index in [0.29, 0.717) is 6.29 Å². The molecule has 0 bridgehead atoms. The number of ether oxygens (including phenoxy) is 1. The van der Waals surface area contributed by atoms with Crippen molar-refractivity contribution >= 4 is 12.3 Å². The van der Waals surface area contributed by atoms with Crippen LogP contribution >= 0.6 is 0 Å². The minimum Gasteiger partial charge on any atom is -0.481 e. The Morgan fingerprint density at radius 2 is 2.22 bits per heavy atom. The van der Waals surface area contributed by atoms with Crippen LogP contribution < -0.4 is 4.74 Å². The molecule has 5 nitrogen and oxygen atoms in total. The molecule has 7 heteroatoms. The van der Waals surface area contributed by atoms with Gasteiger partial charge >= 0.3 is 12.6 Å². The van der Waals surface area contributed by atoms with Gasteiger partial charge in [-0.25, -0.2) is 0 Å². The van der Waals surface area contributed by atoms with Crippen molar-refractivity contribution < 1.29 is 28.2 Å². The van der Waals surface area contributed by atoms with E-state index in [1.54, 1.807) is 6.07 Å². The van der Waals surface area contributed by atoms with E-state index in [0.717, 1.165) is 12.1 Å². The van der Waals surface area contributed by atoms with E-state index >= 15 is 0 Å². The fourth-order valence-electron chi connectivity index (χ4n) is 1.38. The lowest BCUT2D eigenvalue weighted by molar-refractivity contribution is -0.136. The lowest BCUT2D eigenvalue weighted by atomic mass is 10.0. The molecular weight excluding hydrogens is 248 g/mol. The highest BCUT2D eigenvalue weighted by molar-refractivity contribution is 5.79. The summed E-state index contributed by atoms with van der Waals surface area (Å²) < 4.78 is 28.4. The van der Waals surface area contributed by atoms with Crippen molar-refractivity contribution in [1.82, 2.24) is 0 Å². The molecule has 1 rings (SSSR count). The fourth-order valence-corrected chi connectivity index (χ4v) is 1.38. The van der Waals surface area contributed by atoms with Crippen molar-refractivity contribution in [3.05, 3.63) is 28.8 Å². The van der Waals surface area contributed by atoms with Gasteiger partial charge in [0.05, 0.1) is 12.0 Å². The van der Waals surface area contributed by atoms with Gasteiger partial charge in [-0.3, -0.25) is 9.59 Å². The van der Waals surface area contributed by atoms with E-state index in [-0.39, 0.29) is 16.7 Å². The highest BCUT2D eigenvalue weighted by Crippen LogP contribution is 2.25. The zero-order valence-electron chi connectivity index (χ0n) is 8.89. The van der Waals surface area contributed by atoms with Crippen LogP contribution in [0.3, 0.4) is 0 Å². The van der Waals surface area contributed by atoms with E-state index < -0.39 is 24.8 Å². The van der Waals surface area contributed by atoms with Crippen LogP contribution in [0.1, 0.15) is 21.5 Å². The first-order chi connectivity index (χ1) is 8.47. The topological polar surface area (TPSA) is 87.4 Å². The Morgan fingerprint density at radius 1 is 1.56 bits per heavy atom. The molecule has 1 N–H and O–H groups in total. The van der Waals surface area contributed by atoms with Gasteiger partial charge in [0.2, 0.25) is 0 Å². The zero-order chi connectivity index (χ0) is 13.7. The molecule has 0 heterocycles. The summed E-state index contributed by atoms with van der Waals surface area (Å²) >= 11 is 0. The van der Waals surface area contributed by atoms with Gasteiger partial charge in [-0.1, -0.05) is 0 Å². The number of rotatable bonds is 5. The molecule has 0 aromatic heterocycles. The number of nitriles is 1. The van der Waals surface area contributed by atoms with Crippen molar-refractivity contribution in [3.8, 4) is 11.8 Å². The van der Waals surface area contributed by atoms with Gasteiger partial charge < -0.3 is 9.84 Å². The van der Waals surface area contributed by atoms with Crippen molar-refractivity contribution in [2.45, 2.75) is 13.0 Å². The summed E-state index contributed by atoms with van der Waals surface area (Å²) in [6, 6.07) is 3.70. The fraction of sp³-hybridized carbons (Fsp3) is 0.182. The van der Waals surface area contributed by atoms with Gasteiger partial charge in [-0.05, 0) is 17.7 Å². The van der Waals surface area contributed by atoms with Crippen molar-refractivity contribution in [2.24, 2.45) is 0 Å². The van der Waals surface area contributed by atoms with E-state index in [4.69, 9.17) is 10.4 Å². The summed E-state index contributed by atoms with van der Waals surface area (Å²) in [5.41, 5.74) is -0.408. The summed E-state index contributed by atoms with van der Waals surface area (Å²) in [7, 11) is 0. The van der Waals surface area contributed by atoms with Gasteiger partial charge in [-0.15, -0.1) is 0 Å². The molecule has 1 aromatic carbocycles. The smallest absolute Gasteiger partial charge is 0.387 e. The molecule has 0 aliphatic carbocycles. The third-order valence-corrected chi connectivity index (χ3v) is 2.01. The summed E-state index contributed by atoms with van der Waals surface area (Å²) in [4.78, 5) is 21.2. The Kier molecular flexibility index (Phi) is 4.32. The van der Waals surface area contributed by atoms with E-state index in [1.807, 2.05) is 0 Å². The number of aldehydes is 1. The number of halogens is 2. The van der Waals surface area contributed by atoms with Gasteiger partial charge in [0.15, 0.2) is 0 Å². The molecule has 0 fully saturated rings. The number of hydrogen-bond acceptors (Lipinski definition) is 4. The minimum absolute atomic E-state index is 0.0408. The molecular formula is C11H7F2NO4. The number of hydrogen-bond donors (Lipinski definition) is 1. The van der Waals surface area contributed by atoms with Gasteiger partial charge in [0, 0.05) is 5.56 Å². The molecule has 94 valence electrons. The molecule has 0 amide bonds. The SMILES string of the molecule is N#Cc1c(CC(=O)O)cc(C=O)cc1OC(F)F. The molecule has 0 aliphatic heterocycles. The Labute approximate surface area is 100 Å². The normalized spacial score (nSPS) is 9.89. The second kappa shape index (κ2) is 5.72. The zero-order valence-corrected chi connectivity index (χ0v) is 8.89. The van der Waals surface area contributed by atoms with Gasteiger partial charge in [0.25, 0.3) is 0 Å². The second-order valence-corrected chi connectivity index (χ2v) is 3.23. The van der Waals surface area contributed by atoms with E-state index in [1.165, 1.54) is 0 Å². The number of benzene rings is 1. The third kappa shape index (κ3) is 3.25. The Hall–Kier alpha value is -2.49. The van der Waals surface area contributed by atoms with Crippen molar-refractivity contribution in [2.75, 3.05) is 0 Å². The number of nitrogens with zero attached hydrogens (tertiary/aromatic N) is 1. The van der Waals surface area contributed by atoms with Gasteiger partial charge in [0.1, 0.15) is 18.1 Å². The molecule has 18 heavy (non-hydrogen) atoms. The van der Waals surface area contributed by atoms with Crippen LogP contribution in [0.4, 0.5) is 8.78 Å². The minimum atomic E-state index is -3.17. The Bertz CT molecular complexity index is 523. The second-order valence-electron chi connectivity index (χ2n) is 3.23. The van der Waals surface area contributed by atoms with Crippen molar-refractivity contribution in [3.63, 3.8) is 0 Å². The molecule has 0 saturated carbocycles. The number of carboxylic acid groups (broad SMARTS) is 1. The van der Waals surface area contributed by atoms with E-state index in [9.17, 15) is 18.4 Å². The maximum absolute atomic E-state index is 12.1. The van der Waals surface area contributed by atoms with Crippen LogP contribution in [0.25, 0.3) is 0 Å². The molecule has 1 aromatic rings. The molecule has 0 radical (unpaired) electrons. The largest absolute Gasteiger partial charge is 0.481 e. The number of alkyl halides is 2. The average Bonchev–Trinajstić information content (AvgIpc) is 2.27. The molecule has 0 unspecified atom stereocenters. The quantitative estimate of drug-likeness (QED) is 0.807. The van der Waals surface area contributed by atoms with E-state index in [2.05, 4.69) is 4.74 Å². The number of carbonyl (C=O) groups excluding carboxylic acids is 1. The summed E-state index contributed by atoms with van der Waals surface area (Å²) in [5.74, 6) is -1.76. The van der Waals surface area contributed by atoms with Crippen molar-refractivity contribution in [1.29, 1.82) is 5.26 Å². The lowest BCUT2D eigenvalue weighted by Crippen LogP contribution is -2.08. The monoisotopic (exact) mass is 255 g/mol. The first kappa shape index (κ1) is 13.6. The lowest BCUT2D eigenvalue weighted by Gasteiger charge is -2.10. The number of aliphatic carboxylic acids is 1. The summed E-state index contributed by atoms with van der Waals surface area (Å²) in [6.07, 6.45) is -0.213. The van der Waals surface area contributed by atoms with Crippen LogP contribution in [0.5, 0.6) is 5.75 Å². The highest BCUT2D eigenvalue weighted by atomic mass is 19.3. The predicted octanol–water partition coefficient (Wildman–Crippen LogP) is 1.60. The van der Waals surface area contributed by atoms with Crippen LogP contribution in [0, 0.1) is 11.3 Å². The third-order valence-electron chi connectivity index (χ3n) is 2.01. The van der Waals surface area contributed by atoms with Gasteiger partial charge in [-0.2, -0.15) is 14.0 Å². The molecule has 0 saturated heterocycles. The maximum atomic E-state index is 12.1. The Morgan fingerprint density at radius 3 is 2.67 bits per heavy atom. The first-order valence-corrected chi connectivity index (χ1v) is 4.66. The molecule has 0 atom stereocenters. The standard InChI is InChI=1S/C11H7F2NO4/c12-11(13)18-9-2-6(5-15)1-7(3-10(16)17)8(9)4-14/h1-2,5,11H,3H2,(H,16,17). The number of carbonyl (C=O) groups is 2. The van der Waals surface area contributed by atoms with Crippen LogP contribution in [-0.4, -0.2) is 24.0 Å². The predicted molar refractivity (Wildman–Crippen MR) is 54.5 cm³/mol. The van der Waals surface area contributed by atoms with Crippen LogP contribution in [0.15, 0.2) is 12.1 Å². The average molecular weight is 255 g/mol. The molecule has 0 aliphatic rings. The molecule has 0 spiro atoms. The van der Waals surface area contributed by atoms with Crippen LogP contribution in [0.2, 0.25) is 0 Å².